The number of carboxylic acid groups (broad SMARTS) is 1. The molecule has 0 spiro atoms. The second kappa shape index (κ2) is 6.96. The number of hydrogen-bond donors (Lipinski definition) is 2. The molecule has 0 radical (unpaired) electrons. The first-order valence-electron chi connectivity index (χ1n) is 6.27. The molecule has 1 aromatic rings. The van der Waals surface area contributed by atoms with E-state index in [0.717, 1.165) is 32.8 Å². The second-order valence-corrected chi connectivity index (χ2v) is 4.23. The smallest absolute Gasteiger partial charge is 0.409 e. The third-order valence-corrected chi connectivity index (χ3v) is 2.90. The van der Waals surface area contributed by atoms with Gasteiger partial charge in [0.15, 0.2) is 0 Å². The Balaban J connectivity index is 1.83. The molecule has 1 aliphatic heterocycles. The molecule has 1 fully saturated rings. The summed E-state index contributed by atoms with van der Waals surface area (Å²) in [6, 6.07) is 7.01. The molecule has 1 aliphatic rings. The predicted molar refractivity (Wildman–Crippen MR) is 70.8 cm³/mol. The molecular weight excluding hydrogens is 248 g/mol. The second-order valence-electron chi connectivity index (χ2n) is 4.23. The van der Waals surface area contributed by atoms with Crippen LogP contribution in [0.2, 0.25) is 0 Å². The summed E-state index contributed by atoms with van der Waals surface area (Å²) in [6.07, 6.45) is -1.09. The van der Waals surface area contributed by atoms with Crippen molar-refractivity contribution in [2.45, 2.75) is 0 Å². The Morgan fingerprint density at radius 3 is 2.84 bits per heavy atom. The summed E-state index contributed by atoms with van der Waals surface area (Å²) in [6.45, 7) is 4.69. The van der Waals surface area contributed by atoms with Crippen LogP contribution in [0.3, 0.4) is 0 Å². The summed E-state index contributed by atoms with van der Waals surface area (Å²) in [4.78, 5) is 12.9. The molecule has 6 heteroatoms. The molecule has 1 amide bonds. The molecule has 104 valence electrons. The normalized spacial score (nSPS) is 16.0. The number of ether oxygens (including phenoxy) is 2. The van der Waals surface area contributed by atoms with E-state index in [9.17, 15) is 4.79 Å². The summed E-state index contributed by atoms with van der Waals surface area (Å²) >= 11 is 0. The minimum atomic E-state index is -1.09. The van der Waals surface area contributed by atoms with Crippen LogP contribution in [0.1, 0.15) is 0 Å². The van der Waals surface area contributed by atoms with Crippen LogP contribution in [0.5, 0.6) is 5.75 Å². The van der Waals surface area contributed by atoms with E-state index >= 15 is 0 Å². The van der Waals surface area contributed by atoms with Gasteiger partial charge in [-0.15, -0.1) is 0 Å². The third kappa shape index (κ3) is 4.42. The van der Waals surface area contributed by atoms with E-state index in [-0.39, 0.29) is 0 Å². The van der Waals surface area contributed by atoms with Crippen molar-refractivity contribution < 1.29 is 19.4 Å². The van der Waals surface area contributed by atoms with E-state index in [1.807, 2.05) is 6.07 Å². The van der Waals surface area contributed by atoms with Crippen molar-refractivity contribution in [3.63, 3.8) is 0 Å². The summed E-state index contributed by atoms with van der Waals surface area (Å²) in [7, 11) is 0. The number of anilines is 1. The Labute approximate surface area is 111 Å². The molecule has 0 unspecified atom stereocenters. The molecule has 6 nitrogen and oxygen atoms in total. The first-order chi connectivity index (χ1) is 9.25. The molecule has 2 N–H and O–H groups in total. The van der Waals surface area contributed by atoms with Gasteiger partial charge in [0.1, 0.15) is 12.4 Å². The van der Waals surface area contributed by atoms with Crippen molar-refractivity contribution in [1.29, 1.82) is 0 Å². The van der Waals surface area contributed by atoms with Crippen LogP contribution < -0.4 is 10.1 Å². The zero-order valence-electron chi connectivity index (χ0n) is 10.7. The summed E-state index contributed by atoms with van der Waals surface area (Å²) in [5.41, 5.74) is 0.469. The quantitative estimate of drug-likeness (QED) is 0.845. The average Bonchev–Trinajstić information content (AvgIpc) is 2.41. The molecular formula is C13H18N2O4. The topological polar surface area (TPSA) is 71.0 Å². The van der Waals surface area contributed by atoms with Gasteiger partial charge in [-0.1, -0.05) is 12.1 Å². The first kappa shape index (κ1) is 13.6. The monoisotopic (exact) mass is 266 g/mol. The number of nitrogens with zero attached hydrogens (tertiary/aromatic N) is 1. The van der Waals surface area contributed by atoms with Gasteiger partial charge >= 0.3 is 6.09 Å². The molecule has 2 rings (SSSR count). The number of hydrogen-bond acceptors (Lipinski definition) is 4. The average molecular weight is 266 g/mol. The van der Waals surface area contributed by atoms with Crippen molar-refractivity contribution in [3.05, 3.63) is 24.3 Å². The van der Waals surface area contributed by atoms with Crippen LogP contribution in [0.15, 0.2) is 24.3 Å². The third-order valence-electron chi connectivity index (χ3n) is 2.90. The van der Waals surface area contributed by atoms with Gasteiger partial charge in [-0.25, -0.2) is 4.79 Å². The van der Waals surface area contributed by atoms with Gasteiger partial charge in [0.2, 0.25) is 0 Å². The van der Waals surface area contributed by atoms with E-state index in [4.69, 9.17) is 14.6 Å². The fourth-order valence-electron chi connectivity index (χ4n) is 1.92. The zero-order chi connectivity index (χ0) is 13.5. The maximum atomic E-state index is 10.7. The highest BCUT2D eigenvalue weighted by Gasteiger charge is 2.11. The SMILES string of the molecule is O=C(O)Nc1ccccc1OCCN1CCOCC1. The molecule has 0 aliphatic carbocycles. The van der Waals surface area contributed by atoms with Crippen LogP contribution in [-0.4, -0.2) is 55.6 Å². The largest absolute Gasteiger partial charge is 0.490 e. The lowest BCUT2D eigenvalue weighted by molar-refractivity contribution is 0.0323. The maximum absolute atomic E-state index is 10.7. The zero-order valence-corrected chi connectivity index (χ0v) is 10.7. The number of rotatable bonds is 5. The van der Waals surface area contributed by atoms with Gasteiger partial charge in [0, 0.05) is 19.6 Å². The van der Waals surface area contributed by atoms with E-state index in [1.165, 1.54) is 0 Å². The van der Waals surface area contributed by atoms with Gasteiger partial charge in [0.05, 0.1) is 18.9 Å². The van der Waals surface area contributed by atoms with Crippen molar-refractivity contribution >= 4 is 11.8 Å². The van der Waals surface area contributed by atoms with E-state index in [0.29, 0.717) is 18.0 Å². The molecule has 0 aromatic heterocycles. The Morgan fingerprint density at radius 2 is 2.11 bits per heavy atom. The molecule has 0 saturated carbocycles. The molecule has 1 aromatic carbocycles. The van der Waals surface area contributed by atoms with Crippen molar-refractivity contribution in [1.82, 2.24) is 4.90 Å². The maximum Gasteiger partial charge on any atom is 0.409 e. The molecule has 0 atom stereocenters. The van der Waals surface area contributed by atoms with E-state index < -0.39 is 6.09 Å². The summed E-state index contributed by atoms with van der Waals surface area (Å²) in [5, 5.41) is 11.1. The Kier molecular flexibility index (Phi) is 5.00. The molecule has 0 bridgehead atoms. The van der Waals surface area contributed by atoms with Crippen LogP contribution in [0.25, 0.3) is 0 Å². The fourth-order valence-corrected chi connectivity index (χ4v) is 1.92. The van der Waals surface area contributed by atoms with Crippen LogP contribution in [0, 0.1) is 0 Å². The number of carbonyl (C=O) groups is 1. The lowest BCUT2D eigenvalue weighted by Gasteiger charge is -2.26. The molecule has 1 heterocycles. The van der Waals surface area contributed by atoms with Crippen LogP contribution in [-0.2, 0) is 4.74 Å². The number of morpholine rings is 1. The van der Waals surface area contributed by atoms with Crippen LogP contribution in [0.4, 0.5) is 10.5 Å². The molecule has 1 saturated heterocycles. The standard InChI is InChI=1S/C13H18N2O4/c16-13(17)14-11-3-1-2-4-12(11)19-10-7-15-5-8-18-9-6-15/h1-4,14H,5-10H2,(H,16,17). The van der Waals surface area contributed by atoms with E-state index in [1.54, 1.807) is 18.2 Å². The molecule has 19 heavy (non-hydrogen) atoms. The van der Waals surface area contributed by atoms with Crippen molar-refractivity contribution in [3.8, 4) is 5.75 Å². The van der Waals surface area contributed by atoms with Crippen LogP contribution >= 0.6 is 0 Å². The highest BCUT2D eigenvalue weighted by atomic mass is 16.5. The highest BCUT2D eigenvalue weighted by molar-refractivity contribution is 5.85. The minimum Gasteiger partial charge on any atom is -0.490 e. The summed E-state index contributed by atoms with van der Waals surface area (Å²) in [5.74, 6) is 0.554. The van der Waals surface area contributed by atoms with Gasteiger partial charge < -0.3 is 14.6 Å². The summed E-state index contributed by atoms with van der Waals surface area (Å²) < 4.78 is 10.9. The number of para-hydroxylation sites is 2. The first-order valence-corrected chi connectivity index (χ1v) is 6.27. The number of amides is 1. The number of benzene rings is 1. The predicted octanol–water partition coefficient (Wildman–Crippen LogP) is 1.49. The van der Waals surface area contributed by atoms with Gasteiger partial charge in [-0.05, 0) is 12.1 Å². The van der Waals surface area contributed by atoms with Gasteiger partial charge in [-0.3, -0.25) is 10.2 Å². The van der Waals surface area contributed by atoms with Gasteiger partial charge in [0.25, 0.3) is 0 Å². The lowest BCUT2D eigenvalue weighted by Crippen LogP contribution is -2.38. The van der Waals surface area contributed by atoms with Crippen molar-refractivity contribution in [2.75, 3.05) is 44.8 Å². The Bertz CT molecular complexity index is 419. The van der Waals surface area contributed by atoms with E-state index in [2.05, 4.69) is 10.2 Å². The minimum absolute atomic E-state index is 0.469. The number of nitrogens with one attached hydrogen (secondary N) is 1. The lowest BCUT2D eigenvalue weighted by atomic mass is 10.3. The van der Waals surface area contributed by atoms with Crippen molar-refractivity contribution in [2.24, 2.45) is 0 Å². The highest BCUT2D eigenvalue weighted by Crippen LogP contribution is 2.23. The Morgan fingerprint density at radius 1 is 1.37 bits per heavy atom. The van der Waals surface area contributed by atoms with Gasteiger partial charge in [-0.2, -0.15) is 0 Å². The Hall–Kier alpha value is -1.79. The fraction of sp³-hybridized carbons (Fsp3) is 0.462.